The predicted octanol–water partition coefficient (Wildman–Crippen LogP) is 2.25. The van der Waals surface area contributed by atoms with E-state index in [0.29, 0.717) is 37.7 Å². The first-order chi connectivity index (χ1) is 11.2. The quantitative estimate of drug-likeness (QED) is 0.864. The van der Waals surface area contributed by atoms with E-state index in [2.05, 4.69) is 10.5 Å². The van der Waals surface area contributed by atoms with Crippen LogP contribution in [0.3, 0.4) is 0 Å². The molecule has 1 saturated carbocycles. The van der Waals surface area contributed by atoms with Gasteiger partial charge in [0.05, 0.1) is 12.5 Å². The van der Waals surface area contributed by atoms with Gasteiger partial charge in [-0.25, -0.2) is 0 Å². The van der Waals surface area contributed by atoms with Gasteiger partial charge in [-0.2, -0.15) is 0 Å². The molecule has 2 heterocycles. The summed E-state index contributed by atoms with van der Waals surface area (Å²) >= 11 is 0. The summed E-state index contributed by atoms with van der Waals surface area (Å²) in [6.45, 7) is 0.942. The van der Waals surface area contributed by atoms with E-state index in [-0.39, 0.29) is 17.7 Å². The first-order valence-electron chi connectivity index (χ1n) is 8.70. The van der Waals surface area contributed by atoms with Crippen molar-refractivity contribution in [1.82, 2.24) is 15.4 Å². The van der Waals surface area contributed by atoms with Crippen LogP contribution in [0.4, 0.5) is 0 Å². The first kappa shape index (κ1) is 16.0. The highest BCUT2D eigenvalue weighted by Crippen LogP contribution is 2.27. The number of aromatic nitrogens is 1. The van der Waals surface area contributed by atoms with E-state index in [1.165, 1.54) is 31.9 Å². The molecule has 1 aliphatic carbocycles. The van der Waals surface area contributed by atoms with Crippen LogP contribution in [0.15, 0.2) is 16.9 Å². The van der Waals surface area contributed by atoms with E-state index in [0.717, 1.165) is 12.8 Å². The molecule has 1 saturated heterocycles. The van der Waals surface area contributed by atoms with Gasteiger partial charge in [0, 0.05) is 25.1 Å². The van der Waals surface area contributed by atoms with Crippen LogP contribution in [-0.4, -0.2) is 34.5 Å². The van der Waals surface area contributed by atoms with Crippen LogP contribution in [0.25, 0.3) is 0 Å². The predicted molar refractivity (Wildman–Crippen MR) is 84.3 cm³/mol. The summed E-state index contributed by atoms with van der Waals surface area (Å²) in [5.41, 5.74) is 0.714. The van der Waals surface area contributed by atoms with E-state index in [1.54, 1.807) is 6.07 Å². The Kier molecular flexibility index (Phi) is 5.31. The minimum Gasteiger partial charge on any atom is -0.364 e. The van der Waals surface area contributed by atoms with Gasteiger partial charge in [0.25, 0.3) is 0 Å². The lowest BCUT2D eigenvalue weighted by molar-refractivity contribution is -0.141. The summed E-state index contributed by atoms with van der Waals surface area (Å²) in [4.78, 5) is 26.7. The Morgan fingerprint density at radius 3 is 2.74 bits per heavy atom. The van der Waals surface area contributed by atoms with Crippen molar-refractivity contribution in [2.75, 3.05) is 6.54 Å². The molecule has 2 fully saturated rings. The van der Waals surface area contributed by atoms with Crippen molar-refractivity contribution in [1.29, 1.82) is 0 Å². The highest BCUT2D eigenvalue weighted by molar-refractivity contribution is 5.84. The van der Waals surface area contributed by atoms with Crippen molar-refractivity contribution >= 4 is 11.8 Å². The molecule has 0 unspecified atom stereocenters. The molecule has 6 heteroatoms. The number of nitrogens with zero attached hydrogens (tertiary/aromatic N) is 2. The van der Waals surface area contributed by atoms with E-state index < -0.39 is 0 Å². The lowest BCUT2D eigenvalue weighted by Gasteiger charge is -2.37. The van der Waals surface area contributed by atoms with Gasteiger partial charge in [-0.1, -0.05) is 30.8 Å². The average Bonchev–Trinajstić information content (AvgIpc) is 2.94. The molecular weight excluding hydrogens is 294 g/mol. The first-order valence-corrected chi connectivity index (χ1v) is 8.70. The average molecular weight is 319 g/mol. The lowest BCUT2D eigenvalue weighted by Crippen LogP contribution is -2.49. The normalized spacial score (nSPS) is 23.6. The number of likely N-dealkylation sites (tertiary alicyclic amines) is 1. The van der Waals surface area contributed by atoms with Crippen LogP contribution in [-0.2, 0) is 16.1 Å². The van der Waals surface area contributed by atoms with Gasteiger partial charge >= 0.3 is 0 Å². The van der Waals surface area contributed by atoms with Crippen LogP contribution in [0.2, 0.25) is 0 Å². The number of amides is 2. The molecule has 0 radical (unpaired) electrons. The molecule has 6 nitrogen and oxygen atoms in total. The smallest absolute Gasteiger partial charge is 0.225 e. The zero-order chi connectivity index (χ0) is 16.1. The third kappa shape index (κ3) is 4.12. The molecule has 0 aromatic carbocycles. The third-order valence-electron chi connectivity index (χ3n) is 5.02. The van der Waals surface area contributed by atoms with Crippen LogP contribution in [0, 0.1) is 5.92 Å². The second-order valence-corrected chi connectivity index (χ2v) is 6.64. The minimum atomic E-state index is -0.108. The Balaban J connectivity index is 1.55. The monoisotopic (exact) mass is 319 g/mol. The second-order valence-electron chi connectivity index (χ2n) is 6.64. The Morgan fingerprint density at radius 1 is 1.26 bits per heavy atom. The molecular formula is C17H25N3O3. The summed E-state index contributed by atoms with van der Waals surface area (Å²) in [6, 6.07) is 2.07. The molecule has 1 N–H and O–H groups in total. The fourth-order valence-corrected chi connectivity index (χ4v) is 3.66. The number of piperidine rings is 1. The molecule has 3 rings (SSSR count). The van der Waals surface area contributed by atoms with E-state index in [4.69, 9.17) is 4.52 Å². The molecule has 1 atom stereocenters. The van der Waals surface area contributed by atoms with Crippen molar-refractivity contribution in [3.8, 4) is 0 Å². The van der Waals surface area contributed by atoms with E-state index in [1.807, 2.05) is 4.90 Å². The number of hydrogen-bond donors (Lipinski definition) is 1. The summed E-state index contributed by atoms with van der Waals surface area (Å²) < 4.78 is 4.76. The summed E-state index contributed by atoms with van der Waals surface area (Å²) in [5.74, 6) is 0.124. The van der Waals surface area contributed by atoms with Crippen molar-refractivity contribution in [3.05, 3.63) is 18.0 Å². The van der Waals surface area contributed by atoms with Crippen LogP contribution >= 0.6 is 0 Å². The van der Waals surface area contributed by atoms with Gasteiger partial charge in [-0.15, -0.1) is 0 Å². The Morgan fingerprint density at radius 2 is 2.04 bits per heavy atom. The van der Waals surface area contributed by atoms with Crippen molar-refractivity contribution < 1.29 is 14.1 Å². The standard InChI is InChI=1S/C17H25N3O3/c21-16-8-7-13(17(22)18-11-14-9-10-23-19-14)12-20(16)15-5-3-1-2-4-6-15/h9-10,13,15H,1-8,11-12H2,(H,18,22)/t13-/m0/s1. The molecule has 2 amide bonds. The SMILES string of the molecule is O=C(NCc1ccon1)[C@H]1CCC(=O)N(C2CCCCCC2)C1. The highest BCUT2D eigenvalue weighted by atomic mass is 16.5. The summed E-state index contributed by atoms with van der Waals surface area (Å²) in [5, 5.41) is 6.70. The number of carbonyl (C=O) groups excluding carboxylic acids is 2. The van der Waals surface area contributed by atoms with E-state index in [9.17, 15) is 9.59 Å². The molecule has 126 valence electrons. The van der Waals surface area contributed by atoms with E-state index >= 15 is 0 Å². The Labute approximate surface area is 136 Å². The van der Waals surface area contributed by atoms with Gasteiger partial charge in [0.15, 0.2) is 0 Å². The van der Waals surface area contributed by atoms with Gasteiger partial charge in [-0.05, 0) is 19.3 Å². The Bertz CT molecular complexity index is 521. The van der Waals surface area contributed by atoms with Gasteiger partial charge in [0.1, 0.15) is 12.0 Å². The zero-order valence-electron chi connectivity index (χ0n) is 13.5. The Hall–Kier alpha value is -1.85. The van der Waals surface area contributed by atoms with Crippen LogP contribution in [0.1, 0.15) is 57.1 Å². The maximum Gasteiger partial charge on any atom is 0.225 e. The number of carbonyl (C=O) groups is 2. The van der Waals surface area contributed by atoms with Crippen molar-refractivity contribution in [2.24, 2.45) is 5.92 Å². The maximum atomic E-state index is 12.4. The number of nitrogens with one attached hydrogen (secondary N) is 1. The molecule has 2 aliphatic rings. The molecule has 0 bridgehead atoms. The second kappa shape index (κ2) is 7.62. The number of hydrogen-bond acceptors (Lipinski definition) is 4. The third-order valence-corrected chi connectivity index (χ3v) is 5.02. The molecule has 23 heavy (non-hydrogen) atoms. The maximum absolute atomic E-state index is 12.4. The van der Waals surface area contributed by atoms with Crippen LogP contribution < -0.4 is 5.32 Å². The van der Waals surface area contributed by atoms with Crippen LogP contribution in [0.5, 0.6) is 0 Å². The summed E-state index contributed by atoms with van der Waals surface area (Å²) in [6.07, 6.45) is 9.70. The van der Waals surface area contributed by atoms with Gasteiger partial charge in [0.2, 0.25) is 11.8 Å². The van der Waals surface area contributed by atoms with Crippen molar-refractivity contribution in [2.45, 2.75) is 64.0 Å². The van der Waals surface area contributed by atoms with Gasteiger partial charge in [-0.3, -0.25) is 9.59 Å². The fraction of sp³-hybridized carbons (Fsp3) is 0.706. The number of rotatable bonds is 4. The molecule has 1 aliphatic heterocycles. The minimum absolute atomic E-state index is 0.0131. The molecule has 1 aromatic rings. The topological polar surface area (TPSA) is 75.4 Å². The lowest BCUT2D eigenvalue weighted by atomic mass is 9.93. The molecule has 0 spiro atoms. The zero-order valence-corrected chi connectivity index (χ0v) is 13.5. The molecule has 1 aromatic heterocycles. The fourth-order valence-electron chi connectivity index (χ4n) is 3.66. The highest BCUT2D eigenvalue weighted by Gasteiger charge is 2.34. The van der Waals surface area contributed by atoms with Crippen molar-refractivity contribution in [3.63, 3.8) is 0 Å². The van der Waals surface area contributed by atoms with Gasteiger partial charge < -0.3 is 14.7 Å². The summed E-state index contributed by atoms with van der Waals surface area (Å²) in [7, 11) is 0. The largest absolute Gasteiger partial charge is 0.364 e.